The first-order chi connectivity index (χ1) is 22.1. The van der Waals surface area contributed by atoms with Crippen LogP contribution in [0.25, 0.3) is 16.7 Å². The molecule has 1 amide bonds. The highest BCUT2D eigenvalue weighted by atomic mass is 35.5. The third-order valence-corrected chi connectivity index (χ3v) is 9.06. The quantitative estimate of drug-likeness (QED) is 0.222. The number of rotatable bonds is 8. The van der Waals surface area contributed by atoms with Crippen molar-refractivity contribution in [3.05, 3.63) is 147 Å². The van der Waals surface area contributed by atoms with Crippen LogP contribution in [0.2, 0.25) is 5.02 Å². The normalized spacial score (nSPS) is 14.0. The van der Waals surface area contributed by atoms with Crippen molar-refractivity contribution in [1.82, 2.24) is 29.0 Å². The second kappa shape index (κ2) is 12.7. The van der Waals surface area contributed by atoms with Crippen molar-refractivity contribution < 1.29 is 4.79 Å². The number of aromatic nitrogens is 4. The average molecular weight is 617 g/mol. The van der Waals surface area contributed by atoms with Gasteiger partial charge in [0, 0.05) is 44.0 Å². The number of carbonyl (C=O) groups excluding carboxylic acids is 1. The maximum atomic E-state index is 13.6. The van der Waals surface area contributed by atoms with E-state index in [4.69, 9.17) is 11.6 Å². The van der Waals surface area contributed by atoms with Gasteiger partial charge in [0.15, 0.2) is 0 Å². The van der Waals surface area contributed by atoms with Crippen molar-refractivity contribution in [2.24, 2.45) is 0 Å². The molecular formula is C36H33ClN6O2. The second-order valence-electron chi connectivity index (χ2n) is 11.4. The van der Waals surface area contributed by atoms with E-state index in [0.717, 1.165) is 24.2 Å². The van der Waals surface area contributed by atoms with E-state index >= 15 is 0 Å². The van der Waals surface area contributed by atoms with Crippen LogP contribution in [-0.2, 0) is 17.8 Å². The van der Waals surface area contributed by atoms with Crippen LogP contribution < -0.4 is 5.56 Å². The summed E-state index contributed by atoms with van der Waals surface area (Å²) >= 11 is 6.44. The van der Waals surface area contributed by atoms with Gasteiger partial charge in [0.05, 0.1) is 23.5 Å². The van der Waals surface area contributed by atoms with E-state index in [1.807, 2.05) is 70.0 Å². The summed E-state index contributed by atoms with van der Waals surface area (Å²) in [5.74, 6) is 1.17. The maximum Gasteiger partial charge on any atom is 0.263 e. The lowest BCUT2D eigenvalue weighted by atomic mass is 9.96. The van der Waals surface area contributed by atoms with Gasteiger partial charge in [-0.15, -0.1) is 10.2 Å². The van der Waals surface area contributed by atoms with Crippen molar-refractivity contribution in [3.63, 3.8) is 0 Å². The number of para-hydroxylation sites is 1. The minimum Gasteiger partial charge on any atom is -0.340 e. The van der Waals surface area contributed by atoms with E-state index in [1.165, 1.54) is 11.1 Å². The SMILES string of the molecule is O=C(CCc1nnc2n(Cc3ccccc3Cl)c(=O)c3ccccc3n12)N1CCN(C(c2ccccc2)c2ccccc2)CC1. The lowest BCUT2D eigenvalue weighted by Crippen LogP contribution is -2.49. The molecule has 1 fully saturated rings. The molecule has 8 nitrogen and oxygen atoms in total. The minimum absolute atomic E-state index is 0.0936. The second-order valence-corrected chi connectivity index (χ2v) is 11.8. The molecule has 45 heavy (non-hydrogen) atoms. The van der Waals surface area contributed by atoms with Crippen LogP contribution in [0.4, 0.5) is 0 Å². The predicted octanol–water partition coefficient (Wildman–Crippen LogP) is 5.61. The van der Waals surface area contributed by atoms with Crippen LogP contribution in [0.15, 0.2) is 114 Å². The average Bonchev–Trinajstić information content (AvgIpc) is 3.52. The molecule has 2 aromatic heterocycles. The van der Waals surface area contributed by atoms with Gasteiger partial charge in [-0.3, -0.25) is 23.5 Å². The smallest absolute Gasteiger partial charge is 0.263 e. The zero-order chi connectivity index (χ0) is 30.8. The molecule has 4 aromatic carbocycles. The van der Waals surface area contributed by atoms with Gasteiger partial charge >= 0.3 is 0 Å². The van der Waals surface area contributed by atoms with E-state index in [2.05, 4.69) is 63.6 Å². The van der Waals surface area contributed by atoms with Crippen LogP contribution in [-0.4, -0.2) is 61.1 Å². The van der Waals surface area contributed by atoms with Crippen molar-refractivity contribution in [1.29, 1.82) is 0 Å². The largest absolute Gasteiger partial charge is 0.340 e. The number of amides is 1. The monoisotopic (exact) mass is 616 g/mol. The Kier molecular flexibility index (Phi) is 8.15. The van der Waals surface area contributed by atoms with E-state index in [9.17, 15) is 9.59 Å². The first-order valence-electron chi connectivity index (χ1n) is 15.3. The van der Waals surface area contributed by atoms with E-state index in [1.54, 1.807) is 4.57 Å². The molecule has 0 atom stereocenters. The van der Waals surface area contributed by atoms with Gasteiger partial charge < -0.3 is 4.90 Å². The number of benzene rings is 4. The Labute approximate surface area is 266 Å². The highest BCUT2D eigenvalue weighted by Gasteiger charge is 2.28. The third-order valence-electron chi connectivity index (χ3n) is 8.69. The molecule has 0 aliphatic carbocycles. The molecule has 3 heterocycles. The van der Waals surface area contributed by atoms with Crippen LogP contribution in [0.5, 0.6) is 0 Å². The molecule has 1 aliphatic heterocycles. The molecule has 0 bridgehead atoms. The van der Waals surface area contributed by atoms with Crippen LogP contribution in [0.3, 0.4) is 0 Å². The molecule has 6 aromatic rings. The summed E-state index contributed by atoms with van der Waals surface area (Å²) in [6.07, 6.45) is 0.713. The standard InChI is InChI=1S/C36H33ClN6O2/c37-30-17-9-7-15-28(30)25-42-35(45)29-16-8-10-18-31(29)43-32(38-39-36(42)43)19-20-33(44)40-21-23-41(24-22-40)34(26-11-3-1-4-12-26)27-13-5-2-6-14-27/h1-18,34H,19-25H2. The maximum absolute atomic E-state index is 13.6. The molecule has 0 radical (unpaired) electrons. The molecular weight excluding hydrogens is 584 g/mol. The summed E-state index contributed by atoms with van der Waals surface area (Å²) in [5.41, 5.74) is 3.89. The highest BCUT2D eigenvalue weighted by molar-refractivity contribution is 6.31. The summed E-state index contributed by atoms with van der Waals surface area (Å²) in [4.78, 5) is 31.5. The lowest BCUT2D eigenvalue weighted by molar-refractivity contribution is -0.133. The van der Waals surface area contributed by atoms with Crippen molar-refractivity contribution in [3.8, 4) is 0 Å². The van der Waals surface area contributed by atoms with Crippen molar-refractivity contribution in [2.75, 3.05) is 26.2 Å². The Morgan fingerprint density at radius 1 is 0.756 bits per heavy atom. The van der Waals surface area contributed by atoms with E-state index in [-0.39, 0.29) is 24.1 Å². The number of hydrogen-bond donors (Lipinski definition) is 0. The summed E-state index contributed by atoms with van der Waals surface area (Å²) in [6, 6.07) is 36.2. The fourth-order valence-corrected chi connectivity index (χ4v) is 6.60. The summed E-state index contributed by atoms with van der Waals surface area (Å²) in [5, 5.41) is 10.1. The molecule has 226 valence electrons. The summed E-state index contributed by atoms with van der Waals surface area (Å²) in [6.45, 7) is 3.16. The topological polar surface area (TPSA) is 75.7 Å². The van der Waals surface area contributed by atoms with Gasteiger partial charge in [-0.1, -0.05) is 103 Å². The summed E-state index contributed by atoms with van der Waals surface area (Å²) in [7, 11) is 0. The van der Waals surface area contributed by atoms with Crippen LogP contribution in [0, 0.1) is 0 Å². The predicted molar refractivity (Wildman–Crippen MR) is 177 cm³/mol. The Morgan fingerprint density at radius 2 is 1.38 bits per heavy atom. The molecule has 0 N–H and O–H groups in total. The first-order valence-corrected chi connectivity index (χ1v) is 15.7. The van der Waals surface area contributed by atoms with Crippen molar-refractivity contribution >= 4 is 34.2 Å². The molecule has 9 heteroatoms. The fraction of sp³-hybridized carbons (Fsp3) is 0.222. The minimum atomic E-state index is -0.157. The molecule has 0 spiro atoms. The lowest BCUT2D eigenvalue weighted by Gasteiger charge is -2.39. The number of carbonyl (C=O) groups is 1. The molecule has 0 saturated carbocycles. The first kappa shape index (κ1) is 29.0. The van der Waals surface area contributed by atoms with Gasteiger partial charge in [0.2, 0.25) is 11.7 Å². The van der Waals surface area contributed by atoms with Gasteiger partial charge in [-0.2, -0.15) is 0 Å². The molecule has 7 rings (SSSR count). The Morgan fingerprint density at radius 3 is 2.07 bits per heavy atom. The number of hydrogen-bond acceptors (Lipinski definition) is 5. The number of fused-ring (bicyclic) bond motifs is 3. The summed E-state index contributed by atoms with van der Waals surface area (Å²) < 4.78 is 3.51. The zero-order valence-electron chi connectivity index (χ0n) is 24.8. The van der Waals surface area contributed by atoms with Gasteiger partial charge in [-0.25, -0.2) is 0 Å². The van der Waals surface area contributed by atoms with Crippen molar-refractivity contribution in [2.45, 2.75) is 25.4 Å². The number of aryl methyl sites for hydroxylation is 1. The van der Waals surface area contributed by atoms with Crippen LogP contribution >= 0.6 is 11.6 Å². The number of piperazine rings is 1. The zero-order valence-corrected chi connectivity index (χ0v) is 25.6. The molecule has 1 aliphatic rings. The number of nitrogens with zero attached hydrogens (tertiary/aromatic N) is 6. The highest BCUT2D eigenvalue weighted by Crippen LogP contribution is 2.29. The third kappa shape index (κ3) is 5.75. The molecule has 0 unspecified atom stereocenters. The number of halogens is 1. The Hall–Kier alpha value is -4.79. The van der Waals surface area contributed by atoms with Crippen LogP contribution in [0.1, 0.15) is 35.0 Å². The van der Waals surface area contributed by atoms with Gasteiger partial charge in [-0.05, 0) is 34.9 Å². The molecule has 1 saturated heterocycles. The van der Waals surface area contributed by atoms with E-state index < -0.39 is 0 Å². The Balaban J connectivity index is 1.09. The van der Waals surface area contributed by atoms with E-state index in [0.29, 0.717) is 47.9 Å². The van der Waals surface area contributed by atoms with Gasteiger partial charge in [0.25, 0.3) is 5.56 Å². The Bertz CT molecular complexity index is 1980. The fourth-order valence-electron chi connectivity index (χ4n) is 6.41. The van der Waals surface area contributed by atoms with Gasteiger partial charge in [0.1, 0.15) is 5.82 Å².